The number of carbonyl (C=O) groups is 1. The van der Waals surface area contributed by atoms with Crippen LogP contribution in [0.4, 0.5) is 0 Å². The molecule has 2 aliphatic rings. The van der Waals surface area contributed by atoms with E-state index >= 15 is 0 Å². The number of nitrogens with zero attached hydrogens (tertiary/aromatic N) is 3. The summed E-state index contributed by atoms with van der Waals surface area (Å²) in [6.07, 6.45) is 5.06. The van der Waals surface area contributed by atoms with Crippen LogP contribution in [-0.4, -0.2) is 66.0 Å². The second-order valence-corrected chi connectivity index (χ2v) is 7.54. The number of hydrogen-bond donors (Lipinski definition) is 1. The minimum Gasteiger partial charge on any atom is -0.489 e. The first-order chi connectivity index (χ1) is 13.8. The Morgan fingerprint density at radius 2 is 1.97 bits per heavy atom. The van der Waals surface area contributed by atoms with Crippen LogP contribution in [0.1, 0.15) is 17.5 Å². The Bertz CT molecular complexity index is 783. The molecule has 1 unspecified atom stereocenters. The van der Waals surface area contributed by atoms with Crippen LogP contribution in [0.2, 0.25) is 0 Å². The third-order valence-electron chi connectivity index (χ3n) is 5.57. The average Bonchev–Trinajstić information content (AvgIpc) is 3.25. The molecule has 1 amide bonds. The van der Waals surface area contributed by atoms with Gasteiger partial charge in [-0.1, -0.05) is 18.2 Å². The van der Waals surface area contributed by atoms with Crippen LogP contribution >= 0.6 is 12.4 Å². The van der Waals surface area contributed by atoms with Crippen molar-refractivity contribution in [2.24, 2.45) is 0 Å². The molecule has 1 N–H and O–H groups in total. The van der Waals surface area contributed by atoms with Crippen molar-refractivity contribution < 1.29 is 9.53 Å². The molecular formula is C22H29ClN4O2. The molecule has 2 saturated heterocycles. The van der Waals surface area contributed by atoms with Crippen molar-refractivity contribution in [3.05, 3.63) is 59.9 Å². The molecule has 29 heavy (non-hydrogen) atoms. The van der Waals surface area contributed by atoms with Gasteiger partial charge in [-0.05, 0) is 30.2 Å². The van der Waals surface area contributed by atoms with Gasteiger partial charge in [0.15, 0.2) is 0 Å². The van der Waals surface area contributed by atoms with Gasteiger partial charge in [0.2, 0.25) is 5.91 Å². The van der Waals surface area contributed by atoms with E-state index < -0.39 is 0 Å². The molecular weight excluding hydrogens is 388 g/mol. The first-order valence-electron chi connectivity index (χ1n) is 10.1. The average molecular weight is 417 g/mol. The van der Waals surface area contributed by atoms with Gasteiger partial charge in [-0.2, -0.15) is 0 Å². The van der Waals surface area contributed by atoms with E-state index in [1.165, 1.54) is 0 Å². The van der Waals surface area contributed by atoms with Crippen LogP contribution in [-0.2, 0) is 17.8 Å². The standard InChI is InChI=1S/C22H28N4O2.ClH/c27-22(26-10-6-20(16-26)25-11-8-23-9-12-25)14-18-3-1-5-21(13-18)28-17-19-4-2-7-24-15-19;/h1-5,7,13,15,20,23H,6,8-12,14,16-17H2;1H. The number of pyridine rings is 1. The number of piperazine rings is 1. The van der Waals surface area contributed by atoms with Crippen molar-refractivity contribution in [1.29, 1.82) is 0 Å². The summed E-state index contributed by atoms with van der Waals surface area (Å²) in [5, 5.41) is 3.39. The molecule has 0 radical (unpaired) electrons. The molecule has 3 heterocycles. The Labute approximate surface area is 178 Å². The lowest BCUT2D eigenvalue weighted by atomic mass is 10.1. The van der Waals surface area contributed by atoms with Gasteiger partial charge in [0.1, 0.15) is 12.4 Å². The minimum absolute atomic E-state index is 0. The molecule has 0 saturated carbocycles. The van der Waals surface area contributed by atoms with Gasteiger partial charge in [0, 0.05) is 63.3 Å². The topological polar surface area (TPSA) is 57.7 Å². The van der Waals surface area contributed by atoms with Crippen molar-refractivity contribution in [2.75, 3.05) is 39.3 Å². The maximum atomic E-state index is 12.8. The summed E-state index contributed by atoms with van der Waals surface area (Å²) in [6, 6.07) is 12.3. The molecule has 2 aromatic rings. The van der Waals surface area contributed by atoms with Crippen molar-refractivity contribution in [2.45, 2.75) is 25.5 Å². The number of likely N-dealkylation sites (tertiary alicyclic amines) is 1. The number of benzene rings is 1. The summed E-state index contributed by atoms with van der Waals surface area (Å²) in [4.78, 5) is 21.4. The Morgan fingerprint density at radius 1 is 1.14 bits per heavy atom. The summed E-state index contributed by atoms with van der Waals surface area (Å²) >= 11 is 0. The smallest absolute Gasteiger partial charge is 0.227 e. The maximum Gasteiger partial charge on any atom is 0.227 e. The third kappa shape index (κ3) is 5.92. The monoisotopic (exact) mass is 416 g/mol. The highest BCUT2D eigenvalue weighted by Gasteiger charge is 2.30. The summed E-state index contributed by atoms with van der Waals surface area (Å²) in [7, 11) is 0. The molecule has 0 aliphatic carbocycles. The fourth-order valence-electron chi connectivity index (χ4n) is 4.00. The lowest BCUT2D eigenvalue weighted by molar-refractivity contribution is -0.129. The van der Waals surface area contributed by atoms with Crippen molar-refractivity contribution in [3.8, 4) is 5.75 Å². The van der Waals surface area contributed by atoms with Gasteiger partial charge < -0.3 is 15.0 Å². The third-order valence-corrected chi connectivity index (χ3v) is 5.57. The van der Waals surface area contributed by atoms with Gasteiger partial charge in [0.05, 0.1) is 6.42 Å². The summed E-state index contributed by atoms with van der Waals surface area (Å²) in [5.74, 6) is 0.997. The minimum atomic E-state index is 0. The zero-order chi connectivity index (χ0) is 19.2. The molecule has 156 valence electrons. The fraction of sp³-hybridized carbons (Fsp3) is 0.455. The number of rotatable bonds is 6. The zero-order valence-electron chi connectivity index (χ0n) is 16.6. The lowest BCUT2D eigenvalue weighted by Gasteiger charge is -2.32. The Kier molecular flexibility index (Phi) is 7.86. The number of carbonyl (C=O) groups excluding carboxylic acids is 1. The summed E-state index contributed by atoms with van der Waals surface area (Å²) in [5.41, 5.74) is 2.03. The normalized spacial score (nSPS) is 19.6. The van der Waals surface area contributed by atoms with Gasteiger partial charge in [-0.3, -0.25) is 14.7 Å². The van der Waals surface area contributed by atoms with E-state index in [-0.39, 0.29) is 18.3 Å². The number of hydrogen-bond acceptors (Lipinski definition) is 5. The molecule has 0 bridgehead atoms. The van der Waals surface area contributed by atoms with Gasteiger partial charge in [-0.25, -0.2) is 0 Å². The molecule has 7 heteroatoms. The SMILES string of the molecule is Cl.O=C(Cc1cccc(OCc2cccnc2)c1)N1CCC(N2CCNCC2)C1. The van der Waals surface area contributed by atoms with Crippen LogP contribution in [0, 0.1) is 0 Å². The molecule has 1 aromatic carbocycles. The molecule has 2 aliphatic heterocycles. The maximum absolute atomic E-state index is 12.8. The van der Waals surface area contributed by atoms with E-state index in [4.69, 9.17) is 4.74 Å². The van der Waals surface area contributed by atoms with E-state index in [0.717, 1.165) is 62.6 Å². The van der Waals surface area contributed by atoms with Gasteiger partial charge in [0.25, 0.3) is 0 Å². The molecule has 6 nitrogen and oxygen atoms in total. The number of ether oxygens (including phenoxy) is 1. The number of nitrogens with one attached hydrogen (secondary N) is 1. The first kappa shape index (κ1) is 21.6. The van der Waals surface area contributed by atoms with Crippen LogP contribution in [0.3, 0.4) is 0 Å². The van der Waals surface area contributed by atoms with E-state index in [1.54, 1.807) is 12.4 Å². The highest BCUT2D eigenvalue weighted by Crippen LogP contribution is 2.19. The van der Waals surface area contributed by atoms with Crippen molar-refractivity contribution in [1.82, 2.24) is 20.1 Å². The predicted octanol–water partition coefficient (Wildman–Crippen LogP) is 2.13. The van der Waals surface area contributed by atoms with E-state index in [2.05, 4.69) is 15.2 Å². The molecule has 0 spiro atoms. The van der Waals surface area contributed by atoms with E-state index in [1.807, 2.05) is 41.3 Å². The second kappa shape index (κ2) is 10.6. The summed E-state index contributed by atoms with van der Waals surface area (Å²) in [6.45, 7) is 6.48. The van der Waals surface area contributed by atoms with Crippen LogP contribution in [0.25, 0.3) is 0 Å². The molecule has 2 fully saturated rings. The Morgan fingerprint density at radius 3 is 2.76 bits per heavy atom. The highest BCUT2D eigenvalue weighted by atomic mass is 35.5. The predicted molar refractivity (Wildman–Crippen MR) is 115 cm³/mol. The largest absolute Gasteiger partial charge is 0.489 e. The first-order valence-corrected chi connectivity index (χ1v) is 10.1. The number of aromatic nitrogens is 1. The van der Waals surface area contributed by atoms with E-state index in [0.29, 0.717) is 19.1 Å². The van der Waals surface area contributed by atoms with E-state index in [9.17, 15) is 4.79 Å². The number of halogens is 1. The van der Waals surface area contributed by atoms with Crippen LogP contribution in [0.15, 0.2) is 48.8 Å². The Balaban J connectivity index is 0.00000240. The van der Waals surface area contributed by atoms with Crippen molar-refractivity contribution in [3.63, 3.8) is 0 Å². The Hall–Kier alpha value is -2.15. The lowest BCUT2D eigenvalue weighted by Crippen LogP contribution is -2.49. The number of amides is 1. The van der Waals surface area contributed by atoms with Crippen LogP contribution in [0.5, 0.6) is 5.75 Å². The van der Waals surface area contributed by atoms with Gasteiger partial charge in [-0.15, -0.1) is 12.4 Å². The second-order valence-electron chi connectivity index (χ2n) is 7.54. The molecule has 4 rings (SSSR count). The summed E-state index contributed by atoms with van der Waals surface area (Å²) < 4.78 is 5.86. The van der Waals surface area contributed by atoms with Crippen molar-refractivity contribution >= 4 is 18.3 Å². The quantitative estimate of drug-likeness (QED) is 0.781. The van der Waals surface area contributed by atoms with Crippen LogP contribution < -0.4 is 10.1 Å². The zero-order valence-corrected chi connectivity index (χ0v) is 17.4. The van der Waals surface area contributed by atoms with Gasteiger partial charge >= 0.3 is 0 Å². The fourth-order valence-corrected chi connectivity index (χ4v) is 4.00. The molecule has 1 aromatic heterocycles. The molecule has 1 atom stereocenters. The highest BCUT2D eigenvalue weighted by molar-refractivity contribution is 5.85.